The van der Waals surface area contributed by atoms with Crippen LogP contribution in [-0.2, 0) is 9.84 Å². The van der Waals surface area contributed by atoms with E-state index in [2.05, 4.69) is 9.89 Å². The monoisotopic (exact) mass is 273 g/mol. The van der Waals surface area contributed by atoms with Gasteiger partial charge >= 0.3 is 0 Å². The van der Waals surface area contributed by atoms with Crippen molar-refractivity contribution in [3.05, 3.63) is 0 Å². The van der Waals surface area contributed by atoms with E-state index in [1.165, 1.54) is 25.7 Å². The Morgan fingerprint density at radius 3 is 2.44 bits per heavy atom. The third-order valence-corrected chi connectivity index (χ3v) is 5.61. The van der Waals surface area contributed by atoms with Crippen molar-refractivity contribution >= 4 is 15.8 Å². The molecule has 2 aliphatic heterocycles. The van der Waals surface area contributed by atoms with Crippen LogP contribution < -0.4 is 5.73 Å². The first-order chi connectivity index (χ1) is 8.57. The third-order valence-electron chi connectivity index (χ3n) is 3.77. The average Bonchev–Trinajstić information content (AvgIpc) is 2.57. The molecule has 18 heavy (non-hydrogen) atoms. The molecular weight excluding hydrogens is 250 g/mol. The molecule has 2 saturated heterocycles. The summed E-state index contributed by atoms with van der Waals surface area (Å²) in [7, 11) is -2.80. The van der Waals surface area contributed by atoms with Crippen LogP contribution in [0.25, 0.3) is 0 Å². The van der Waals surface area contributed by atoms with Gasteiger partial charge in [-0.15, -0.1) is 0 Å². The molecule has 0 amide bonds. The molecule has 0 aromatic rings. The van der Waals surface area contributed by atoms with E-state index in [1.54, 1.807) is 0 Å². The van der Waals surface area contributed by atoms with E-state index < -0.39 is 9.84 Å². The molecule has 5 nitrogen and oxygen atoms in total. The molecule has 2 fully saturated rings. The van der Waals surface area contributed by atoms with Crippen LogP contribution in [0.3, 0.4) is 0 Å². The molecule has 2 heterocycles. The van der Waals surface area contributed by atoms with Crippen LogP contribution in [0.15, 0.2) is 4.99 Å². The maximum absolute atomic E-state index is 11.3. The topological polar surface area (TPSA) is 75.8 Å². The molecule has 104 valence electrons. The second-order valence-corrected chi connectivity index (χ2v) is 7.60. The van der Waals surface area contributed by atoms with Crippen molar-refractivity contribution in [2.45, 2.75) is 32.1 Å². The molecule has 0 aromatic carbocycles. The average molecular weight is 273 g/mol. The fraction of sp³-hybridized carbons (Fsp3) is 0.917. The van der Waals surface area contributed by atoms with Crippen molar-refractivity contribution in [2.75, 3.05) is 31.1 Å². The number of nitrogens with zero attached hydrogens (tertiary/aromatic N) is 2. The molecule has 2 aliphatic rings. The lowest BCUT2D eigenvalue weighted by Gasteiger charge is -2.21. The number of rotatable bonds is 2. The van der Waals surface area contributed by atoms with E-state index in [1.807, 2.05) is 0 Å². The molecule has 2 N–H and O–H groups in total. The van der Waals surface area contributed by atoms with E-state index in [-0.39, 0.29) is 11.7 Å². The zero-order valence-electron chi connectivity index (χ0n) is 10.8. The van der Waals surface area contributed by atoms with Crippen LogP contribution in [0.1, 0.15) is 32.1 Å². The van der Waals surface area contributed by atoms with Crippen LogP contribution in [0.5, 0.6) is 0 Å². The Hall–Kier alpha value is -0.780. The fourth-order valence-electron chi connectivity index (χ4n) is 2.64. The maximum atomic E-state index is 11.3. The molecule has 0 bridgehead atoms. The SMILES string of the molecule is NC(=NCC1CCS(=O)(=O)C1)N1CCCCCC1. The largest absolute Gasteiger partial charge is 0.370 e. The van der Waals surface area contributed by atoms with Gasteiger partial charge in [0.25, 0.3) is 0 Å². The number of guanidine groups is 1. The summed E-state index contributed by atoms with van der Waals surface area (Å²) in [6.45, 7) is 2.53. The maximum Gasteiger partial charge on any atom is 0.191 e. The van der Waals surface area contributed by atoms with Gasteiger partial charge in [0, 0.05) is 19.6 Å². The first-order valence-corrected chi connectivity index (χ1v) is 8.64. The number of nitrogens with two attached hydrogens (primary N) is 1. The summed E-state index contributed by atoms with van der Waals surface area (Å²) in [6, 6.07) is 0. The Balaban J connectivity index is 1.84. The summed E-state index contributed by atoms with van der Waals surface area (Å²) in [5, 5.41) is 0. The van der Waals surface area contributed by atoms with E-state index in [0.29, 0.717) is 18.3 Å². The van der Waals surface area contributed by atoms with Crippen LogP contribution in [0, 0.1) is 5.92 Å². The van der Waals surface area contributed by atoms with Crippen LogP contribution in [0.2, 0.25) is 0 Å². The molecule has 0 saturated carbocycles. The zero-order chi connectivity index (χ0) is 13.0. The van der Waals surface area contributed by atoms with Crippen molar-refractivity contribution in [1.29, 1.82) is 0 Å². The Bertz CT molecular complexity index is 398. The summed E-state index contributed by atoms with van der Waals surface area (Å²) in [6.07, 6.45) is 5.62. The fourth-order valence-corrected chi connectivity index (χ4v) is 4.49. The molecule has 1 atom stereocenters. The molecule has 2 rings (SSSR count). The molecule has 0 aliphatic carbocycles. The third kappa shape index (κ3) is 3.86. The smallest absolute Gasteiger partial charge is 0.191 e. The van der Waals surface area contributed by atoms with E-state index in [4.69, 9.17) is 5.73 Å². The number of likely N-dealkylation sites (tertiary alicyclic amines) is 1. The van der Waals surface area contributed by atoms with Gasteiger partial charge in [0.05, 0.1) is 11.5 Å². The lowest BCUT2D eigenvalue weighted by atomic mass is 10.1. The van der Waals surface area contributed by atoms with Gasteiger partial charge in [-0.25, -0.2) is 8.42 Å². The van der Waals surface area contributed by atoms with Crippen LogP contribution in [-0.4, -0.2) is 50.4 Å². The Morgan fingerprint density at radius 1 is 1.22 bits per heavy atom. The number of hydrogen-bond donors (Lipinski definition) is 1. The van der Waals surface area contributed by atoms with E-state index >= 15 is 0 Å². The highest BCUT2D eigenvalue weighted by Gasteiger charge is 2.27. The summed E-state index contributed by atoms with van der Waals surface area (Å²) < 4.78 is 22.7. The second-order valence-electron chi connectivity index (χ2n) is 5.37. The van der Waals surface area contributed by atoms with Gasteiger partial charge in [-0.05, 0) is 25.2 Å². The van der Waals surface area contributed by atoms with Gasteiger partial charge in [-0.2, -0.15) is 0 Å². The van der Waals surface area contributed by atoms with Crippen molar-refractivity contribution in [3.63, 3.8) is 0 Å². The van der Waals surface area contributed by atoms with Gasteiger partial charge < -0.3 is 10.6 Å². The van der Waals surface area contributed by atoms with Crippen LogP contribution in [0.4, 0.5) is 0 Å². The van der Waals surface area contributed by atoms with Gasteiger partial charge in [0.1, 0.15) is 0 Å². The Labute approximate surface area is 109 Å². The summed E-state index contributed by atoms with van der Waals surface area (Å²) in [4.78, 5) is 6.53. The van der Waals surface area contributed by atoms with Crippen molar-refractivity contribution in [3.8, 4) is 0 Å². The molecule has 1 unspecified atom stereocenters. The van der Waals surface area contributed by atoms with Crippen molar-refractivity contribution < 1.29 is 8.42 Å². The predicted octanol–water partition coefficient (Wildman–Crippen LogP) is 0.612. The Kier molecular flexibility index (Phi) is 4.48. The molecule has 0 radical (unpaired) electrons. The lowest BCUT2D eigenvalue weighted by molar-refractivity contribution is 0.426. The lowest BCUT2D eigenvalue weighted by Crippen LogP contribution is -2.38. The molecule has 6 heteroatoms. The summed E-state index contributed by atoms with van der Waals surface area (Å²) in [5.74, 6) is 1.36. The van der Waals surface area contributed by atoms with E-state index in [9.17, 15) is 8.42 Å². The van der Waals surface area contributed by atoms with Crippen molar-refractivity contribution in [2.24, 2.45) is 16.6 Å². The van der Waals surface area contributed by atoms with Gasteiger partial charge in [-0.3, -0.25) is 4.99 Å². The van der Waals surface area contributed by atoms with Gasteiger partial charge in [-0.1, -0.05) is 12.8 Å². The normalized spacial score (nSPS) is 29.2. The predicted molar refractivity (Wildman–Crippen MR) is 73.3 cm³/mol. The number of aliphatic imine (C=N–C) groups is 1. The first kappa shape index (κ1) is 13.6. The minimum Gasteiger partial charge on any atom is -0.370 e. The molecule has 0 spiro atoms. The first-order valence-electron chi connectivity index (χ1n) is 6.82. The highest BCUT2D eigenvalue weighted by Crippen LogP contribution is 2.18. The van der Waals surface area contributed by atoms with Gasteiger partial charge in [0.2, 0.25) is 0 Å². The molecular formula is C12H23N3O2S. The highest BCUT2D eigenvalue weighted by atomic mass is 32.2. The minimum absolute atomic E-state index is 0.167. The standard InChI is InChI=1S/C12H23N3O2S/c13-12(15-6-3-1-2-4-7-15)14-9-11-5-8-18(16,17)10-11/h11H,1-10H2,(H2,13,14). The number of hydrogen-bond acceptors (Lipinski definition) is 3. The van der Waals surface area contributed by atoms with E-state index in [0.717, 1.165) is 19.5 Å². The van der Waals surface area contributed by atoms with Gasteiger partial charge in [0.15, 0.2) is 15.8 Å². The molecule has 0 aromatic heterocycles. The quantitative estimate of drug-likeness (QED) is 0.591. The number of sulfone groups is 1. The summed E-state index contributed by atoms with van der Waals surface area (Å²) in [5.41, 5.74) is 5.99. The second kappa shape index (κ2) is 5.91. The minimum atomic E-state index is -2.80. The Morgan fingerprint density at radius 2 is 1.89 bits per heavy atom. The highest BCUT2D eigenvalue weighted by molar-refractivity contribution is 7.91. The van der Waals surface area contributed by atoms with Crippen molar-refractivity contribution in [1.82, 2.24) is 4.90 Å². The van der Waals surface area contributed by atoms with Crippen LogP contribution >= 0.6 is 0 Å². The zero-order valence-corrected chi connectivity index (χ0v) is 11.7. The summed E-state index contributed by atoms with van der Waals surface area (Å²) >= 11 is 0.